The number of pyridine rings is 1. The molecule has 1 saturated heterocycles. The monoisotopic (exact) mass is 419 g/mol. The van der Waals surface area contributed by atoms with Gasteiger partial charge in [0, 0.05) is 19.3 Å². The second-order valence-corrected chi connectivity index (χ2v) is 7.67. The van der Waals surface area contributed by atoms with Crippen molar-refractivity contribution in [3.63, 3.8) is 0 Å². The van der Waals surface area contributed by atoms with Crippen molar-refractivity contribution in [1.82, 2.24) is 20.1 Å². The fourth-order valence-corrected chi connectivity index (χ4v) is 3.78. The minimum atomic E-state index is -0.291. The second-order valence-electron chi connectivity index (χ2n) is 7.67. The number of aromatic amines is 1. The summed E-state index contributed by atoms with van der Waals surface area (Å²) in [5, 5.41) is 9.99. The van der Waals surface area contributed by atoms with Gasteiger partial charge in [-0.1, -0.05) is 12.1 Å². The van der Waals surface area contributed by atoms with Crippen molar-refractivity contribution in [3.05, 3.63) is 59.9 Å². The van der Waals surface area contributed by atoms with Gasteiger partial charge in [0.1, 0.15) is 17.1 Å². The van der Waals surface area contributed by atoms with Crippen molar-refractivity contribution >= 4 is 17.5 Å². The third-order valence-corrected chi connectivity index (χ3v) is 5.43. The van der Waals surface area contributed by atoms with Crippen LogP contribution in [-0.2, 0) is 4.79 Å². The number of aromatic nitrogens is 3. The highest BCUT2D eigenvalue weighted by atomic mass is 16.5. The van der Waals surface area contributed by atoms with Crippen molar-refractivity contribution < 1.29 is 14.3 Å². The van der Waals surface area contributed by atoms with Crippen molar-refractivity contribution in [3.8, 4) is 17.1 Å². The molecule has 0 spiro atoms. The standard InChI is InChI=1S/C23H25N5O3/c1-15-8-9-21(31-2)19(12-15)25-22(29)16-6-5-11-28(14-16)23(30)20-13-18(26-27-20)17-7-3-4-10-24-17/h3-4,7-10,12-13,16H,5-6,11,14H2,1-2H3,(H,25,29)(H,26,27)/t16-/m1/s1. The Balaban J connectivity index is 1.44. The number of likely N-dealkylation sites (tertiary alicyclic amines) is 1. The highest BCUT2D eigenvalue weighted by molar-refractivity contribution is 5.96. The number of amides is 2. The maximum atomic E-state index is 13.0. The molecular weight excluding hydrogens is 394 g/mol. The predicted octanol–water partition coefficient (Wildman–Crippen LogP) is 3.28. The third kappa shape index (κ3) is 4.58. The number of nitrogens with one attached hydrogen (secondary N) is 2. The Morgan fingerprint density at radius 3 is 2.84 bits per heavy atom. The van der Waals surface area contributed by atoms with Gasteiger partial charge in [-0.3, -0.25) is 19.7 Å². The number of nitrogens with zero attached hydrogens (tertiary/aromatic N) is 3. The Labute approximate surface area is 180 Å². The molecule has 1 aliphatic rings. The smallest absolute Gasteiger partial charge is 0.271 e. The first-order chi connectivity index (χ1) is 15.0. The van der Waals surface area contributed by atoms with Crippen LogP contribution in [0.2, 0.25) is 0 Å². The quantitative estimate of drug-likeness (QED) is 0.661. The van der Waals surface area contributed by atoms with E-state index in [9.17, 15) is 9.59 Å². The number of methoxy groups -OCH3 is 1. The molecule has 2 aromatic heterocycles. The summed E-state index contributed by atoms with van der Waals surface area (Å²) in [5.41, 5.74) is 3.37. The summed E-state index contributed by atoms with van der Waals surface area (Å²) in [7, 11) is 1.57. The highest BCUT2D eigenvalue weighted by Crippen LogP contribution is 2.27. The molecule has 2 N–H and O–H groups in total. The molecular formula is C23H25N5O3. The molecule has 1 fully saturated rings. The zero-order chi connectivity index (χ0) is 21.8. The Morgan fingerprint density at radius 1 is 1.19 bits per heavy atom. The van der Waals surface area contributed by atoms with Gasteiger partial charge in [-0.15, -0.1) is 0 Å². The van der Waals surface area contributed by atoms with Crippen LogP contribution in [-0.4, -0.2) is 52.1 Å². The summed E-state index contributed by atoms with van der Waals surface area (Å²) < 4.78 is 5.35. The molecule has 8 nitrogen and oxygen atoms in total. The molecule has 1 aromatic carbocycles. The van der Waals surface area contributed by atoms with Crippen LogP contribution in [0.5, 0.6) is 5.75 Å². The van der Waals surface area contributed by atoms with Crippen LogP contribution in [0, 0.1) is 12.8 Å². The molecule has 8 heteroatoms. The summed E-state index contributed by atoms with van der Waals surface area (Å²) in [6.07, 6.45) is 3.17. The molecule has 160 valence electrons. The normalized spacial score (nSPS) is 16.1. The van der Waals surface area contributed by atoms with Crippen LogP contribution in [0.3, 0.4) is 0 Å². The first-order valence-corrected chi connectivity index (χ1v) is 10.3. The van der Waals surface area contributed by atoms with E-state index in [-0.39, 0.29) is 17.7 Å². The van der Waals surface area contributed by atoms with E-state index in [1.54, 1.807) is 24.3 Å². The first kappa shape index (κ1) is 20.6. The number of carbonyl (C=O) groups excluding carboxylic acids is 2. The van der Waals surface area contributed by atoms with Gasteiger partial charge in [-0.2, -0.15) is 5.10 Å². The number of H-pyrrole nitrogens is 1. The third-order valence-electron chi connectivity index (χ3n) is 5.43. The lowest BCUT2D eigenvalue weighted by atomic mass is 9.96. The van der Waals surface area contributed by atoms with E-state index in [1.165, 1.54) is 0 Å². The zero-order valence-electron chi connectivity index (χ0n) is 17.6. The Bertz CT molecular complexity index is 1080. The Kier molecular flexibility index (Phi) is 5.97. The molecule has 0 unspecified atom stereocenters. The molecule has 4 rings (SSSR count). The minimum absolute atomic E-state index is 0.111. The molecule has 3 aromatic rings. The van der Waals surface area contributed by atoms with Gasteiger partial charge >= 0.3 is 0 Å². The van der Waals surface area contributed by atoms with E-state index in [1.807, 2.05) is 43.3 Å². The van der Waals surface area contributed by atoms with Gasteiger partial charge in [0.2, 0.25) is 5.91 Å². The van der Waals surface area contributed by atoms with Crippen molar-refractivity contribution in [2.75, 3.05) is 25.5 Å². The van der Waals surface area contributed by atoms with Gasteiger partial charge in [-0.25, -0.2) is 0 Å². The van der Waals surface area contributed by atoms with E-state index in [0.29, 0.717) is 41.6 Å². The van der Waals surface area contributed by atoms with Gasteiger partial charge in [0.15, 0.2) is 0 Å². The van der Waals surface area contributed by atoms with Gasteiger partial charge in [0.05, 0.1) is 24.4 Å². The van der Waals surface area contributed by atoms with Gasteiger partial charge < -0.3 is 15.0 Å². The molecule has 3 heterocycles. The molecule has 1 aliphatic heterocycles. The summed E-state index contributed by atoms with van der Waals surface area (Å²) in [6, 6.07) is 12.9. The maximum Gasteiger partial charge on any atom is 0.271 e. The number of hydrogen-bond donors (Lipinski definition) is 2. The number of rotatable bonds is 5. The SMILES string of the molecule is COc1ccc(C)cc1NC(=O)[C@@H]1CCCN(C(=O)c2cc(-c3ccccn3)n[nH]2)C1. The largest absolute Gasteiger partial charge is 0.495 e. The summed E-state index contributed by atoms with van der Waals surface area (Å²) >= 11 is 0. The number of hydrogen-bond acceptors (Lipinski definition) is 5. The highest BCUT2D eigenvalue weighted by Gasteiger charge is 2.30. The minimum Gasteiger partial charge on any atom is -0.495 e. The predicted molar refractivity (Wildman–Crippen MR) is 117 cm³/mol. The Hall–Kier alpha value is -3.68. The fourth-order valence-electron chi connectivity index (χ4n) is 3.78. The lowest BCUT2D eigenvalue weighted by molar-refractivity contribution is -0.121. The van der Waals surface area contributed by atoms with Crippen LogP contribution in [0.4, 0.5) is 5.69 Å². The molecule has 1 atom stereocenters. The number of aryl methyl sites for hydroxylation is 1. The zero-order valence-corrected chi connectivity index (χ0v) is 17.6. The number of anilines is 1. The van der Waals surface area contributed by atoms with Crippen LogP contribution in [0.15, 0.2) is 48.7 Å². The van der Waals surface area contributed by atoms with Crippen molar-refractivity contribution in [2.45, 2.75) is 19.8 Å². The molecule has 0 radical (unpaired) electrons. The van der Waals surface area contributed by atoms with E-state index in [4.69, 9.17) is 4.74 Å². The van der Waals surface area contributed by atoms with Crippen LogP contribution < -0.4 is 10.1 Å². The molecule has 0 saturated carbocycles. The van der Waals surface area contributed by atoms with Crippen LogP contribution in [0.25, 0.3) is 11.4 Å². The first-order valence-electron chi connectivity index (χ1n) is 10.3. The number of benzene rings is 1. The summed E-state index contributed by atoms with van der Waals surface area (Å²) in [5.74, 6) is 0.0452. The number of piperidine rings is 1. The van der Waals surface area contributed by atoms with Crippen LogP contribution in [0.1, 0.15) is 28.9 Å². The second kappa shape index (κ2) is 8.99. The van der Waals surface area contributed by atoms with E-state index in [0.717, 1.165) is 18.4 Å². The average molecular weight is 419 g/mol. The fraction of sp³-hybridized carbons (Fsp3) is 0.304. The van der Waals surface area contributed by atoms with Crippen LogP contribution >= 0.6 is 0 Å². The van der Waals surface area contributed by atoms with E-state index >= 15 is 0 Å². The molecule has 0 aliphatic carbocycles. The average Bonchev–Trinajstić information content (AvgIpc) is 3.30. The van der Waals surface area contributed by atoms with Crippen molar-refractivity contribution in [1.29, 1.82) is 0 Å². The lowest BCUT2D eigenvalue weighted by Crippen LogP contribution is -2.43. The van der Waals surface area contributed by atoms with E-state index < -0.39 is 0 Å². The molecule has 0 bridgehead atoms. The lowest BCUT2D eigenvalue weighted by Gasteiger charge is -2.31. The topological polar surface area (TPSA) is 100 Å². The maximum absolute atomic E-state index is 13.0. The van der Waals surface area contributed by atoms with Gasteiger partial charge in [-0.05, 0) is 55.7 Å². The number of ether oxygens (including phenoxy) is 1. The number of carbonyl (C=O) groups is 2. The van der Waals surface area contributed by atoms with Crippen molar-refractivity contribution in [2.24, 2.45) is 5.92 Å². The van der Waals surface area contributed by atoms with Gasteiger partial charge in [0.25, 0.3) is 5.91 Å². The summed E-state index contributed by atoms with van der Waals surface area (Å²) in [4.78, 5) is 31.9. The molecule has 2 amide bonds. The van der Waals surface area contributed by atoms with E-state index in [2.05, 4.69) is 20.5 Å². The molecule has 31 heavy (non-hydrogen) atoms. The Morgan fingerprint density at radius 2 is 2.06 bits per heavy atom. The summed E-state index contributed by atoms with van der Waals surface area (Å²) in [6.45, 7) is 2.92.